The molecule has 3 rings (SSSR count). The first kappa shape index (κ1) is 23.4. The van der Waals surface area contributed by atoms with Crippen LogP contribution in [-0.4, -0.2) is 54.7 Å². The standard InChI is InChI=1S/C22H31N5O.HI/c1-2-24-22(25-13-16-28-21-9-6-12-23-17-21)26-20-10-14-27(15-11-20)18-19-7-4-3-5-8-19;/h3-9,12,17,20H,2,10-11,13-16,18H2,1H3,(H2,24,25,26);1H. The molecule has 158 valence electrons. The van der Waals surface area contributed by atoms with Crippen molar-refractivity contribution in [2.45, 2.75) is 32.4 Å². The number of aliphatic imine (C=N–C) groups is 1. The third kappa shape index (κ3) is 8.57. The zero-order chi connectivity index (χ0) is 19.4. The highest BCUT2D eigenvalue weighted by Gasteiger charge is 2.19. The van der Waals surface area contributed by atoms with Crippen LogP contribution in [0.5, 0.6) is 5.75 Å². The van der Waals surface area contributed by atoms with Crippen LogP contribution in [0.25, 0.3) is 0 Å². The van der Waals surface area contributed by atoms with Crippen molar-refractivity contribution in [1.29, 1.82) is 0 Å². The molecule has 0 radical (unpaired) electrons. The number of nitrogens with one attached hydrogen (secondary N) is 2. The largest absolute Gasteiger partial charge is 0.490 e. The van der Waals surface area contributed by atoms with Gasteiger partial charge in [0.2, 0.25) is 0 Å². The van der Waals surface area contributed by atoms with Crippen LogP contribution in [0, 0.1) is 0 Å². The summed E-state index contributed by atoms with van der Waals surface area (Å²) in [6, 6.07) is 14.9. The third-order valence-corrected chi connectivity index (χ3v) is 4.79. The highest BCUT2D eigenvalue weighted by Crippen LogP contribution is 2.13. The van der Waals surface area contributed by atoms with Crippen molar-refractivity contribution in [3.05, 3.63) is 60.4 Å². The second-order valence-corrected chi connectivity index (χ2v) is 6.98. The van der Waals surface area contributed by atoms with Gasteiger partial charge in [-0.3, -0.25) is 9.88 Å². The molecule has 0 unspecified atom stereocenters. The van der Waals surface area contributed by atoms with Gasteiger partial charge < -0.3 is 15.4 Å². The first-order chi connectivity index (χ1) is 13.8. The average molecular weight is 509 g/mol. The summed E-state index contributed by atoms with van der Waals surface area (Å²) in [5, 5.41) is 6.92. The van der Waals surface area contributed by atoms with E-state index in [2.05, 4.69) is 62.8 Å². The maximum absolute atomic E-state index is 5.66. The number of likely N-dealkylation sites (tertiary alicyclic amines) is 1. The van der Waals surface area contributed by atoms with Crippen LogP contribution in [0.4, 0.5) is 0 Å². The fraction of sp³-hybridized carbons (Fsp3) is 0.455. The van der Waals surface area contributed by atoms with Gasteiger partial charge in [-0.2, -0.15) is 0 Å². The average Bonchev–Trinajstić information content (AvgIpc) is 2.74. The van der Waals surface area contributed by atoms with Gasteiger partial charge in [-0.1, -0.05) is 30.3 Å². The van der Waals surface area contributed by atoms with E-state index in [0.717, 1.165) is 50.7 Å². The molecule has 0 spiro atoms. The number of aromatic nitrogens is 1. The van der Waals surface area contributed by atoms with Gasteiger partial charge in [0.25, 0.3) is 0 Å². The summed E-state index contributed by atoms with van der Waals surface area (Å²) in [6.45, 7) is 7.34. The predicted octanol–water partition coefficient (Wildman–Crippen LogP) is 3.30. The SMILES string of the molecule is CCNC(=NCCOc1cccnc1)NC1CCN(Cc2ccccc2)CC1.I. The molecule has 1 fully saturated rings. The van der Waals surface area contributed by atoms with Gasteiger partial charge in [0.1, 0.15) is 12.4 Å². The fourth-order valence-corrected chi connectivity index (χ4v) is 3.34. The number of piperidine rings is 1. The maximum Gasteiger partial charge on any atom is 0.191 e. The second-order valence-electron chi connectivity index (χ2n) is 6.98. The Hall–Kier alpha value is -1.87. The minimum atomic E-state index is 0. The van der Waals surface area contributed by atoms with E-state index in [1.54, 1.807) is 12.4 Å². The van der Waals surface area contributed by atoms with Crippen molar-refractivity contribution in [2.75, 3.05) is 32.8 Å². The molecule has 1 aromatic heterocycles. The van der Waals surface area contributed by atoms with E-state index in [9.17, 15) is 0 Å². The van der Waals surface area contributed by atoms with E-state index in [0.29, 0.717) is 19.2 Å². The molecule has 0 saturated carbocycles. The highest BCUT2D eigenvalue weighted by molar-refractivity contribution is 14.0. The lowest BCUT2D eigenvalue weighted by Gasteiger charge is -2.33. The summed E-state index contributed by atoms with van der Waals surface area (Å²) in [4.78, 5) is 11.2. The minimum absolute atomic E-state index is 0. The normalized spacial score (nSPS) is 15.4. The van der Waals surface area contributed by atoms with Crippen molar-refractivity contribution < 1.29 is 4.74 Å². The van der Waals surface area contributed by atoms with Crippen molar-refractivity contribution in [1.82, 2.24) is 20.5 Å². The number of pyridine rings is 1. The molecule has 7 heteroatoms. The molecule has 1 saturated heterocycles. The summed E-state index contributed by atoms with van der Waals surface area (Å²) < 4.78 is 5.66. The van der Waals surface area contributed by atoms with Crippen LogP contribution in [0.15, 0.2) is 59.9 Å². The van der Waals surface area contributed by atoms with Crippen LogP contribution in [0.3, 0.4) is 0 Å². The van der Waals surface area contributed by atoms with Crippen molar-refractivity contribution in [2.24, 2.45) is 4.99 Å². The smallest absolute Gasteiger partial charge is 0.191 e. The zero-order valence-electron chi connectivity index (χ0n) is 17.1. The summed E-state index contributed by atoms with van der Waals surface area (Å²) in [7, 11) is 0. The quantitative estimate of drug-likeness (QED) is 0.248. The molecule has 1 aromatic carbocycles. The molecule has 0 atom stereocenters. The fourth-order valence-electron chi connectivity index (χ4n) is 3.34. The van der Waals surface area contributed by atoms with Crippen LogP contribution >= 0.6 is 24.0 Å². The summed E-state index contributed by atoms with van der Waals surface area (Å²) in [6.07, 6.45) is 5.71. The van der Waals surface area contributed by atoms with Gasteiger partial charge in [0.05, 0.1) is 12.7 Å². The Balaban J connectivity index is 0.00000300. The van der Waals surface area contributed by atoms with Gasteiger partial charge in [-0.15, -0.1) is 24.0 Å². The van der Waals surface area contributed by atoms with E-state index in [4.69, 9.17) is 4.74 Å². The third-order valence-electron chi connectivity index (χ3n) is 4.79. The molecule has 29 heavy (non-hydrogen) atoms. The van der Waals surface area contributed by atoms with Gasteiger partial charge >= 0.3 is 0 Å². The molecule has 2 aromatic rings. The Morgan fingerprint density at radius 1 is 1.17 bits per heavy atom. The number of halogens is 1. The van der Waals surface area contributed by atoms with Crippen LogP contribution < -0.4 is 15.4 Å². The minimum Gasteiger partial charge on any atom is -0.490 e. The van der Waals surface area contributed by atoms with Crippen molar-refractivity contribution >= 4 is 29.9 Å². The second kappa shape index (κ2) is 13.4. The Kier molecular flexibility index (Phi) is 10.8. The van der Waals surface area contributed by atoms with E-state index in [-0.39, 0.29) is 24.0 Å². The molecule has 1 aliphatic heterocycles. The lowest BCUT2D eigenvalue weighted by atomic mass is 10.0. The summed E-state index contributed by atoms with van der Waals surface area (Å²) in [5.41, 5.74) is 1.39. The van der Waals surface area contributed by atoms with Gasteiger partial charge in [0.15, 0.2) is 5.96 Å². The highest BCUT2D eigenvalue weighted by atomic mass is 127. The van der Waals surface area contributed by atoms with Gasteiger partial charge in [-0.25, -0.2) is 4.99 Å². The number of ether oxygens (including phenoxy) is 1. The molecular weight excluding hydrogens is 477 g/mol. The van der Waals surface area contributed by atoms with E-state index >= 15 is 0 Å². The Morgan fingerprint density at radius 2 is 1.97 bits per heavy atom. The molecular formula is C22H32IN5O. The molecule has 0 amide bonds. The molecule has 0 aliphatic carbocycles. The Morgan fingerprint density at radius 3 is 2.66 bits per heavy atom. The monoisotopic (exact) mass is 509 g/mol. The Labute approximate surface area is 191 Å². The van der Waals surface area contributed by atoms with E-state index in [1.165, 1.54) is 5.56 Å². The van der Waals surface area contributed by atoms with Crippen molar-refractivity contribution in [3.8, 4) is 5.75 Å². The van der Waals surface area contributed by atoms with Crippen LogP contribution in [-0.2, 0) is 6.54 Å². The molecule has 1 aliphatic rings. The number of hydrogen-bond donors (Lipinski definition) is 2. The van der Waals surface area contributed by atoms with Crippen molar-refractivity contribution in [3.63, 3.8) is 0 Å². The predicted molar refractivity (Wildman–Crippen MR) is 129 cm³/mol. The molecule has 6 nitrogen and oxygen atoms in total. The summed E-state index contributed by atoms with van der Waals surface area (Å²) >= 11 is 0. The number of benzene rings is 1. The molecule has 2 N–H and O–H groups in total. The Bertz CT molecular complexity index is 706. The first-order valence-corrected chi connectivity index (χ1v) is 10.2. The van der Waals surface area contributed by atoms with Crippen LogP contribution in [0.1, 0.15) is 25.3 Å². The number of guanidine groups is 1. The summed E-state index contributed by atoms with van der Waals surface area (Å²) in [5.74, 6) is 1.65. The van der Waals surface area contributed by atoms with E-state index < -0.39 is 0 Å². The number of hydrogen-bond acceptors (Lipinski definition) is 4. The lowest BCUT2D eigenvalue weighted by molar-refractivity contribution is 0.198. The molecule has 0 bridgehead atoms. The van der Waals surface area contributed by atoms with E-state index in [1.807, 2.05) is 12.1 Å². The van der Waals surface area contributed by atoms with Gasteiger partial charge in [0, 0.05) is 38.4 Å². The topological polar surface area (TPSA) is 61.8 Å². The van der Waals surface area contributed by atoms with Crippen LogP contribution in [0.2, 0.25) is 0 Å². The number of rotatable bonds is 8. The number of nitrogens with zero attached hydrogens (tertiary/aromatic N) is 3. The maximum atomic E-state index is 5.66. The first-order valence-electron chi connectivity index (χ1n) is 10.2. The lowest BCUT2D eigenvalue weighted by Crippen LogP contribution is -2.48. The molecule has 2 heterocycles. The zero-order valence-corrected chi connectivity index (χ0v) is 19.4. The van der Waals surface area contributed by atoms with Gasteiger partial charge in [-0.05, 0) is 37.5 Å².